The molecule has 1 saturated heterocycles. The number of nitrogens with zero attached hydrogens (tertiary/aromatic N) is 1. The van der Waals surface area contributed by atoms with Crippen LogP contribution in [0.5, 0.6) is 0 Å². The third kappa shape index (κ3) is 5.36. The topological polar surface area (TPSA) is 49.4 Å². The molecule has 0 bridgehead atoms. The number of rotatable bonds is 6. The molecule has 1 heterocycles. The number of hydrogen-bond acceptors (Lipinski definition) is 4. The number of likely N-dealkylation sites (tertiary alicyclic amines) is 1. The fourth-order valence-electron chi connectivity index (χ4n) is 4.20. The fourth-order valence-corrected chi connectivity index (χ4v) is 4.20. The summed E-state index contributed by atoms with van der Waals surface area (Å²) in [5.74, 6) is 0.0783. The molecule has 1 saturated carbocycles. The first-order valence-electron chi connectivity index (χ1n) is 10.3. The smallest absolute Gasteiger partial charge is 0.166 e. The molecule has 4 heteroatoms. The van der Waals surface area contributed by atoms with Crippen LogP contribution in [-0.2, 0) is 9.59 Å². The molecule has 1 aromatic carbocycles. The highest BCUT2D eigenvalue weighted by Gasteiger charge is 2.30. The number of carbonyl (C=O) groups excluding carboxylic acids is 2. The highest BCUT2D eigenvalue weighted by molar-refractivity contribution is 6.22. The molecule has 1 aliphatic heterocycles. The van der Waals surface area contributed by atoms with Crippen LogP contribution in [-0.4, -0.2) is 49.2 Å². The Kier molecular flexibility index (Phi) is 6.97. The van der Waals surface area contributed by atoms with Crippen LogP contribution in [0.1, 0.15) is 55.6 Å². The number of benzene rings is 1. The number of hydrogen-bond donors (Lipinski definition) is 1. The van der Waals surface area contributed by atoms with Crippen LogP contribution in [0.25, 0.3) is 0 Å². The quantitative estimate of drug-likeness (QED) is 0.475. The molecule has 0 radical (unpaired) electrons. The second-order valence-corrected chi connectivity index (χ2v) is 8.03. The van der Waals surface area contributed by atoms with Gasteiger partial charge in [-0.3, -0.25) is 9.59 Å². The number of nitrogens with one attached hydrogen (secondary N) is 1. The number of piperidine rings is 1. The monoisotopic (exact) mass is 368 g/mol. The summed E-state index contributed by atoms with van der Waals surface area (Å²) in [7, 11) is 2.04. The minimum Gasteiger partial charge on any atom is -0.317 e. The third-order valence-electron chi connectivity index (χ3n) is 6.04. The predicted octanol–water partition coefficient (Wildman–Crippen LogP) is 3.40. The lowest BCUT2D eigenvalue weighted by Gasteiger charge is -2.31. The zero-order valence-corrected chi connectivity index (χ0v) is 16.7. The predicted molar refractivity (Wildman–Crippen MR) is 109 cm³/mol. The third-order valence-corrected chi connectivity index (χ3v) is 6.04. The molecule has 0 atom stereocenters. The largest absolute Gasteiger partial charge is 0.317 e. The molecule has 146 valence electrons. The van der Waals surface area contributed by atoms with Gasteiger partial charge in [-0.1, -0.05) is 35.9 Å². The van der Waals surface area contributed by atoms with Crippen molar-refractivity contribution in [1.82, 2.24) is 10.2 Å². The minimum absolute atomic E-state index is 0.0201. The first kappa shape index (κ1) is 20.0. The Morgan fingerprint density at radius 1 is 1.07 bits per heavy atom. The molecule has 3 rings (SSSR count). The first-order chi connectivity index (χ1) is 13.1. The molecule has 0 aromatic heterocycles. The normalized spacial score (nSPS) is 22.3. The second-order valence-electron chi connectivity index (χ2n) is 8.03. The van der Waals surface area contributed by atoms with Crippen LogP contribution in [0.4, 0.5) is 0 Å². The SMILES string of the molecule is CNC1CCN(CCCC=C2C(=O)CC(c3ccc(C)cc3)CC2=O)CC1. The zero-order valence-electron chi connectivity index (χ0n) is 16.7. The van der Waals surface area contributed by atoms with Crippen molar-refractivity contribution in [2.24, 2.45) is 0 Å². The molecular weight excluding hydrogens is 336 g/mol. The van der Waals surface area contributed by atoms with E-state index in [0.29, 0.717) is 24.5 Å². The van der Waals surface area contributed by atoms with Gasteiger partial charge >= 0.3 is 0 Å². The summed E-state index contributed by atoms with van der Waals surface area (Å²) >= 11 is 0. The fraction of sp³-hybridized carbons (Fsp3) is 0.565. The maximum absolute atomic E-state index is 12.5. The van der Waals surface area contributed by atoms with E-state index in [9.17, 15) is 9.59 Å². The van der Waals surface area contributed by atoms with E-state index < -0.39 is 0 Å². The lowest BCUT2D eigenvalue weighted by molar-refractivity contribution is -0.124. The van der Waals surface area contributed by atoms with Gasteiger partial charge in [0.15, 0.2) is 11.6 Å². The van der Waals surface area contributed by atoms with Crippen LogP contribution in [0.15, 0.2) is 35.9 Å². The maximum atomic E-state index is 12.5. The van der Waals surface area contributed by atoms with Gasteiger partial charge in [0, 0.05) is 18.9 Å². The summed E-state index contributed by atoms with van der Waals surface area (Å²) in [5, 5.41) is 3.35. The Bertz CT molecular complexity index is 665. The van der Waals surface area contributed by atoms with Crippen molar-refractivity contribution in [3.05, 3.63) is 47.0 Å². The molecule has 1 aromatic rings. The Hall–Kier alpha value is -1.78. The summed E-state index contributed by atoms with van der Waals surface area (Å²) < 4.78 is 0. The lowest BCUT2D eigenvalue weighted by Crippen LogP contribution is -2.41. The Balaban J connectivity index is 1.47. The van der Waals surface area contributed by atoms with Gasteiger partial charge in [-0.2, -0.15) is 0 Å². The molecule has 2 fully saturated rings. The van der Waals surface area contributed by atoms with Crippen molar-refractivity contribution < 1.29 is 9.59 Å². The molecule has 1 N–H and O–H groups in total. The van der Waals surface area contributed by atoms with E-state index >= 15 is 0 Å². The van der Waals surface area contributed by atoms with E-state index in [-0.39, 0.29) is 17.5 Å². The van der Waals surface area contributed by atoms with E-state index in [0.717, 1.165) is 38.0 Å². The number of carbonyl (C=O) groups is 2. The zero-order chi connectivity index (χ0) is 19.2. The molecule has 0 spiro atoms. The minimum atomic E-state index is 0.0201. The average Bonchev–Trinajstić information content (AvgIpc) is 2.67. The summed E-state index contributed by atoms with van der Waals surface area (Å²) in [4.78, 5) is 27.5. The highest BCUT2D eigenvalue weighted by Crippen LogP contribution is 2.31. The van der Waals surface area contributed by atoms with Crippen molar-refractivity contribution >= 4 is 11.6 Å². The van der Waals surface area contributed by atoms with Crippen LogP contribution < -0.4 is 5.32 Å². The van der Waals surface area contributed by atoms with Gasteiger partial charge in [0.1, 0.15) is 0 Å². The van der Waals surface area contributed by atoms with Gasteiger partial charge < -0.3 is 10.2 Å². The van der Waals surface area contributed by atoms with Crippen molar-refractivity contribution in [3.8, 4) is 0 Å². The van der Waals surface area contributed by atoms with Crippen LogP contribution in [0.3, 0.4) is 0 Å². The lowest BCUT2D eigenvalue weighted by atomic mass is 9.79. The summed E-state index contributed by atoms with van der Waals surface area (Å²) in [6, 6.07) is 8.85. The van der Waals surface area contributed by atoms with Crippen molar-refractivity contribution in [3.63, 3.8) is 0 Å². The molecular formula is C23H32N2O2. The van der Waals surface area contributed by atoms with Crippen molar-refractivity contribution in [2.45, 2.75) is 57.4 Å². The Morgan fingerprint density at radius 3 is 2.30 bits per heavy atom. The Labute approximate surface area is 163 Å². The summed E-state index contributed by atoms with van der Waals surface area (Å²) in [5.41, 5.74) is 2.75. The van der Waals surface area contributed by atoms with Crippen LogP contribution in [0, 0.1) is 6.92 Å². The summed E-state index contributed by atoms with van der Waals surface area (Å²) in [6.45, 7) is 5.37. The van der Waals surface area contributed by atoms with E-state index in [1.165, 1.54) is 18.4 Å². The Morgan fingerprint density at radius 2 is 1.70 bits per heavy atom. The van der Waals surface area contributed by atoms with E-state index in [1.807, 2.05) is 32.2 Å². The van der Waals surface area contributed by atoms with Crippen LogP contribution in [0.2, 0.25) is 0 Å². The molecule has 0 unspecified atom stereocenters. The van der Waals surface area contributed by atoms with Gasteiger partial charge in [-0.05, 0) is 70.8 Å². The molecule has 1 aliphatic carbocycles. The average molecular weight is 369 g/mol. The van der Waals surface area contributed by atoms with Crippen LogP contribution >= 0.6 is 0 Å². The molecule has 0 amide bonds. The maximum Gasteiger partial charge on any atom is 0.166 e. The van der Waals surface area contributed by atoms with Gasteiger partial charge in [0.2, 0.25) is 0 Å². The number of Topliss-reactive ketones (excluding diaryl/α,β-unsaturated/α-hetero) is 2. The highest BCUT2D eigenvalue weighted by atomic mass is 16.1. The standard InChI is InChI=1S/C23H32N2O2/c1-17-6-8-18(9-7-17)19-15-22(26)21(23(27)16-19)5-3-4-12-25-13-10-20(24-2)11-14-25/h5-9,19-20,24H,3-4,10-16H2,1-2H3. The molecule has 4 nitrogen and oxygen atoms in total. The second kappa shape index (κ2) is 9.43. The molecule has 2 aliphatic rings. The van der Waals surface area contributed by atoms with Crippen molar-refractivity contribution in [1.29, 1.82) is 0 Å². The van der Waals surface area contributed by atoms with E-state index in [1.54, 1.807) is 0 Å². The number of aryl methyl sites for hydroxylation is 1. The van der Waals surface area contributed by atoms with E-state index in [2.05, 4.69) is 22.3 Å². The van der Waals surface area contributed by atoms with Crippen molar-refractivity contribution in [2.75, 3.05) is 26.7 Å². The van der Waals surface area contributed by atoms with E-state index in [4.69, 9.17) is 0 Å². The van der Waals surface area contributed by atoms with Gasteiger partial charge in [-0.25, -0.2) is 0 Å². The number of unbranched alkanes of at least 4 members (excludes halogenated alkanes) is 1. The summed E-state index contributed by atoms with van der Waals surface area (Å²) in [6.07, 6.45) is 7.04. The van der Waals surface area contributed by atoms with Gasteiger partial charge in [-0.15, -0.1) is 0 Å². The molecule has 27 heavy (non-hydrogen) atoms. The number of allylic oxidation sites excluding steroid dienone is 2. The van der Waals surface area contributed by atoms with Gasteiger partial charge in [0.25, 0.3) is 0 Å². The van der Waals surface area contributed by atoms with Gasteiger partial charge in [0.05, 0.1) is 5.57 Å². The number of ketones is 2. The first-order valence-corrected chi connectivity index (χ1v) is 10.3.